The van der Waals surface area contributed by atoms with Crippen LogP contribution in [0.15, 0.2) is 15.9 Å². The quantitative estimate of drug-likeness (QED) is 0.879. The minimum Gasteiger partial charge on any atom is -0.319 e. The molecule has 0 bridgehead atoms. The molecule has 1 aliphatic carbocycles. The van der Waals surface area contributed by atoms with Crippen LogP contribution in [0.5, 0.6) is 0 Å². The summed E-state index contributed by atoms with van der Waals surface area (Å²) < 4.78 is 1.31. The molecule has 0 radical (unpaired) electrons. The van der Waals surface area contributed by atoms with E-state index in [0.29, 0.717) is 0 Å². The highest BCUT2D eigenvalue weighted by atomic mass is 79.9. The molecule has 1 aromatic heterocycles. The first-order valence-corrected chi connectivity index (χ1v) is 6.37. The van der Waals surface area contributed by atoms with E-state index >= 15 is 0 Å². The third-order valence-corrected chi connectivity index (χ3v) is 4.87. The maximum atomic E-state index is 3.61. The molecule has 1 fully saturated rings. The Morgan fingerprint density at radius 2 is 2.46 bits per heavy atom. The normalized spacial score (nSPS) is 27.2. The maximum Gasteiger partial charge on any atom is 0.0317 e. The Hall–Kier alpha value is 0.140. The summed E-state index contributed by atoms with van der Waals surface area (Å²) in [6.07, 6.45) is 2.75. The molecule has 0 spiro atoms. The van der Waals surface area contributed by atoms with E-state index in [9.17, 15) is 0 Å². The Balaban J connectivity index is 2.06. The first kappa shape index (κ1) is 9.69. The zero-order chi connectivity index (χ0) is 9.26. The van der Waals surface area contributed by atoms with Crippen molar-refractivity contribution in [3.63, 3.8) is 0 Å². The van der Waals surface area contributed by atoms with Crippen LogP contribution in [0.1, 0.15) is 23.6 Å². The summed E-state index contributed by atoms with van der Waals surface area (Å²) in [5.41, 5.74) is 0. The van der Waals surface area contributed by atoms with Crippen LogP contribution in [0.4, 0.5) is 0 Å². The Labute approximate surface area is 91.7 Å². The fraction of sp³-hybridized carbons (Fsp3) is 0.600. The van der Waals surface area contributed by atoms with Crippen LogP contribution in [0.2, 0.25) is 0 Å². The molecular weight excluding hydrogens is 246 g/mol. The van der Waals surface area contributed by atoms with Crippen molar-refractivity contribution in [2.45, 2.75) is 18.8 Å². The summed E-state index contributed by atoms with van der Waals surface area (Å²) in [5.74, 6) is 1.67. The lowest BCUT2D eigenvalue weighted by atomic mass is 9.73. The Morgan fingerprint density at radius 3 is 2.92 bits per heavy atom. The van der Waals surface area contributed by atoms with Crippen molar-refractivity contribution < 1.29 is 0 Å². The van der Waals surface area contributed by atoms with Crippen LogP contribution in [0.25, 0.3) is 0 Å². The lowest BCUT2D eigenvalue weighted by Gasteiger charge is -2.36. The SMILES string of the molecule is CNCC1CCC1c1sccc1Br. The second-order valence-corrected chi connectivity index (χ2v) is 5.44. The highest BCUT2D eigenvalue weighted by molar-refractivity contribution is 9.10. The molecule has 0 aliphatic heterocycles. The number of nitrogens with one attached hydrogen (secondary N) is 1. The van der Waals surface area contributed by atoms with Gasteiger partial charge in [0.25, 0.3) is 0 Å². The molecule has 0 aromatic carbocycles. The molecule has 13 heavy (non-hydrogen) atoms. The highest BCUT2D eigenvalue weighted by Crippen LogP contribution is 2.46. The smallest absolute Gasteiger partial charge is 0.0317 e. The molecule has 0 amide bonds. The third-order valence-electron chi connectivity index (χ3n) is 2.87. The summed E-state index contributed by atoms with van der Waals surface area (Å²) in [6, 6.07) is 2.16. The van der Waals surface area contributed by atoms with Gasteiger partial charge in [0.15, 0.2) is 0 Å². The maximum absolute atomic E-state index is 3.61. The van der Waals surface area contributed by atoms with Gasteiger partial charge in [-0.3, -0.25) is 0 Å². The fourth-order valence-electron chi connectivity index (χ4n) is 1.99. The van der Waals surface area contributed by atoms with E-state index in [1.807, 2.05) is 18.4 Å². The lowest BCUT2D eigenvalue weighted by Crippen LogP contribution is -2.31. The minimum absolute atomic E-state index is 0.807. The van der Waals surface area contributed by atoms with Gasteiger partial charge in [0.2, 0.25) is 0 Å². The van der Waals surface area contributed by atoms with Gasteiger partial charge in [0.1, 0.15) is 0 Å². The molecule has 2 unspecified atom stereocenters. The van der Waals surface area contributed by atoms with Crippen molar-refractivity contribution in [2.24, 2.45) is 5.92 Å². The summed E-state index contributed by atoms with van der Waals surface area (Å²) >= 11 is 5.50. The van der Waals surface area contributed by atoms with E-state index < -0.39 is 0 Å². The standard InChI is InChI=1S/C10H14BrNS/c1-12-6-7-2-3-8(7)10-9(11)4-5-13-10/h4-5,7-8,12H,2-3,6H2,1H3. The molecule has 0 saturated heterocycles. The summed E-state index contributed by atoms with van der Waals surface area (Å²) in [6.45, 7) is 1.16. The van der Waals surface area contributed by atoms with Gasteiger partial charge >= 0.3 is 0 Å². The predicted molar refractivity (Wildman–Crippen MR) is 61.4 cm³/mol. The Bertz CT molecular complexity index is 284. The molecule has 1 aliphatic rings. The molecule has 1 saturated carbocycles. The van der Waals surface area contributed by atoms with Crippen molar-refractivity contribution in [1.29, 1.82) is 0 Å². The van der Waals surface area contributed by atoms with Gasteiger partial charge in [0, 0.05) is 9.35 Å². The van der Waals surface area contributed by atoms with Crippen LogP contribution >= 0.6 is 27.3 Å². The summed E-state index contributed by atoms with van der Waals surface area (Å²) in [4.78, 5) is 1.55. The molecule has 1 nitrogen and oxygen atoms in total. The summed E-state index contributed by atoms with van der Waals surface area (Å²) in [7, 11) is 2.04. The average molecular weight is 260 g/mol. The zero-order valence-electron chi connectivity index (χ0n) is 7.72. The van der Waals surface area contributed by atoms with Gasteiger partial charge in [0.05, 0.1) is 0 Å². The fourth-order valence-corrected chi connectivity index (χ4v) is 3.89. The highest BCUT2D eigenvalue weighted by Gasteiger charge is 2.33. The van der Waals surface area contributed by atoms with Gasteiger partial charge in [-0.2, -0.15) is 0 Å². The van der Waals surface area contributed by atoms with E-state index in [1.54, 1.807) is 4.88 Å². The van der Waals surface area contributed by atoms with E-state index in [2.05, 4.69) is 32.7 Å². The molecule has 1 N–H and O–H groups in total. The molecule has 3 heteroatoms. The van der Waals surface area contributed by atoms with E-state index in [4.69, 9.17) is 0 Å². The van der Waals surface area contributed by atoms with Gasteiger partial charge in [-0.05, 0) is 65.6 Å². The van der Waals surface area contributed by atoms with E-state index in [-0.39, 0.29) is 0 Å². The minimum atomic E-state index is 0.807. The number of hydrogen-bond donors (Lipinski definition) is 1. The first-order chi connectivity index (χ1) is 6.33. The van der Waals surface area contributed by atoms with E-state index in [1.165, 1.54) is 17.3 Å². The third kappa shape index (κ3) is 1.83. The van der Waals surface area contributed by atoms with Crippen LogP contribution in [0, 0.1) is 5.92 Å². The second kappa shape index (κ2) is 4.11. The average Bonchev–Trinajstić information content (AvgIpc) is 2.46. The number of rotatable bonds is 3. The van der Waals surface area contributed by atoms with Crippen LogP contribution in [-0.2, 0) is 0 Å². The Kier molecular flexibility index (Phi) is 3.06. The topological polar surface area (TPSA) is 12.0 Å². The molecule has 2 atom stereocenters. The van der Waals surface area contributed by atoms with Crippen molar-refractivity contribution in [1.82, 2.24) is 5.32 Å². The lowest BCUT2D eigenvalue weighted by molar-refractivity contribution is 0.253. The van der Waals surface area contributed by atoms with Crippen molar-refractivity contribution >= 4 is 27.3 Å². The summed E-state index contributed by atoms with van der Waals surface area (Å²) in [5, 5.41) is 5.45. The number of thiophene rings is 1. The largest absolute Gasteiger partial charge is 0.319 e. The monoisotopic (exact) mass is 259 g/mol. The van der Waals surface area contributed by atoms with Gasteiger partial charge in [-0.15, -0.1) is 11.3 Å². The molecule has 1 heterocycles. The number of hydrogen-bond acceptors (Lipinski definition) is 2. The van der Waals surface area contributed by atoms with Crippen molar-refractivity contribution in [2.75, 3.05) is 13.6 Å². The Morgan fingerprint density at radius 1 is 1.62 bits per heavy atom. The zero-order valence-corrected chi connectivity index (χ0v) is 10.1. The van der Waals surface area contributed by atoms with Crippen molar-refractivity contribution in [3.8, 4) is 0 Å². The second-order valence-electron chi connectivity index (χ2n) is 3.63. The number of halogens is 1. The molecular formula is C10H14BrNS. The molecule has 1 aromatic rings. The van der Waals surface area contributed by atoms with Crippen molar-refractivity contribution in [3.05, 3.63) is 20.8 Å². The van der Waals surface area contributed by atoms with Crippen LogP contribution in [0.3, 0.4) is 0 Å². The van der Waals surface area contributed by atoms with Gasteiger partial charge in [-0.25, -0.2) is 0 Å². The first-order valence-electron chi connectivity index (χ1n) is 4.70. The molecule has 2 rings (SSSR count). The predicted octanol–water partition coefficient (Wildman–Crippen LogP) is 3.22. The van der Waals surface area contributed by atoms with Crippen LogP contribution < -0.4 is 5.32 Å². The van der Waals surface area contributed by atoms with Gasteiger partial charge in [-0.1, -0.05) is 0 Å². The van der Waals surface area contributed by atoms with Gasteiger partial charge < -0.3 is 5.32 Å². The molecule has 72 valence electrons. The van der Waals surface area contributed by atoms with E-state index in [0.717, 1.165) is 18.4 Å². The van der Waals surface area contributed by atoms with Crippen LogP contribution in [-0.4, -0.2) is 13.6 Å².